The molecular weight excluding hydrogens is 534 g/mol. The van der Waals surface area contributed by atoms with Crippen LogP contribution in [0.2, 0.25) is 0 Å². The number of urea groups is 1. The molecule has 1 fully saturated rings. The zero-order chi connectivity index (χ0) is 30.0. The Morgan fingerprint density at radius 3 is 2.43 bits per heavy atom. The third-order valence-corrected chi connectivity index (χ3v) is 7.94. The lowest BCUT2D eigenvalue weighted by molar-refractivity contribution is -0.137. The molecule has 5 rings (SSSR count). The Bertz CT molecular complexity index is 1560. The van der Waals surface area contributed by atoms with Gasteiger partial charge in [-0.25, -0.2) is 9.80 Å². The molecule has 2 N–H and O–H groups in total. The molecule has 10 nitrogen and oxygen atoms in total. The third kappa shape index (κ3) is 6.22. The van der Waals surface area contributed by atoms with Crippen molar-refractivity contribution >= 4 is 51.7 Å². The highest BCUT2D eigenvalue weighted by atomic mass is 16.4. The molecule has 0 bridgehead atoms. The Morgan fingerprint density at radius 2 is 1.71 bits per heavy atom. The second-order valence-electron chi connectivity index (χ2n) is 12.1. The number of amides is 3. The van der Waals surface area contributed by atoms with E-state index in [1.54, 1.807) is 29.0 Å². The van der Waals surface area contributed by atoms with Gasteiger partial charge in [-0.05, 0) is 42.5 Å². The normalized spacial score (nSPS) is 16.2. The predicted molar refractivity (Wildman–Crippen MR) is 162 cm³/mol. The van der Waals surface area contributed by atoms with E-state index in [0.29, 0.717) is 16.9 Å². The fourth-order valence-corrected chi connectivity index (χ4v) is 5.59. The lowest BCUT2D eigenvalue weighted by Crippen LogP contribution is -2.47. The van der Waals surface area contributed by atoms with Crippen molar-refractivity contribution in [2.45, 2.75) is 59.4 Å². The van der Waals surface area contributed by atoms with Crippen LogP contribution in [0.15, 0.2) is 59.8 Å². The molecule has 2 aromatic carbocycles. The Balaban J connectivity index is 1.46. The zero-order valence-electron chi connectivity index (χ0n) is 24.3. The topological polar surface area (TPSA) is 124 Å². The molecule has 3 amide bonds. The minimum atomic E-state index is -0.969. The van der Waals surface area contributed by atoms with E-state index in [2.05, 4.69) is 5.32 Å². The predicted octanol–water partition coefficient (Wildman–Crippen LogP) is 5.51. The summed E-state index contributed by atoms with van der Waals surface area (Å²) in [6.45, 7) is 4.78. The van der Waals surface area contributed by atoms with Gasteiger partial charge < -0.3 is 15.0 Å². The molecule has 2 aliphatic rings. The number of carbonyl (C=O) groups is 4. The van der Waals surface area contributed by atoms with Gasteiger partial charge in [-0.3, -0.25) is 19.3 Å². The quantitative estimate of drug-likeness (QED) is 0.369. The lowest BCUT2D eigenvalue weighted by Gasteiger charge is -2.28. The number of benzene rings is 2. The van der Waals surface area contributed by atoms with Gasteiger partial charge in [0.15, 0.2) is 5.78 Å². The molecule has 1 aromatic heterocycles. The van der Waals surface area contributed by atoms with E-state index in [1.165, 1.54) is 9.91 Å². The first kappa shape index (κ1) is 29.0. The van der Waals surface area contributed by atoms with Gasteiger partial charge in [0, 0.05) is 28.8 Å². The molecule has 1 aliphatic heterocycles. The highest BCUT2D eigenvalue weighted by molar-refractivity contribution is 6.13. The zero-order valence-corrected chi connectivity index (χ0v) is 24.3. The molecule has 2 heterocycles. The summed E-state index contributed by atoms with van der Waals surface area (Å²) in [4.78, 5) is 53.3. The molecule has 1 aliphatic carbocycles. The number of hydrogen-bond acceptors (Lipinski definition) is 5. The number of hydrogen-bond donors (Lipinski definition) is 2. The molecule has 42 heavy (non-hydrogen) atoms. The average Bonchev–Trinajstić information content (AvgIpc) is 3.29. The maximum absolute atomic E-state index is 14.0. The van der Waals surface area contributed by atoms with Crippen LogP contribution in [0.25, 0.3) is 10.9 Å². The van der Waals surface area contributed by atoms with Crippen molar-refractivity contribution in [3.63, 3.8) is 0 Å². The van der Waals surface area contributed by atoms with Crippen molar-refractivity contribution in [3.8, 4) is 0 Å². The number of para-hydroxylation sites is 1. The first-order chi connectivity index (χ1) is 20.0. The Hall–Kier alpha value is -4.47. The number of carboxylic acid groups (broad SMARTS) is 1. The number of fused-ring (bicyclic) bond motifs is 2. The van der Waals surface area contributed by atoms with Crippen LogP contribution in [0, 0.1) is 11.3 Å². The van der Waals surface area contributed by atoms with Crippen LogP contribution in [0.3, 0.4) is 0 Å². The number of carboxylic acids is 1. The molecular formula is C32H37N5O5. The van der Waals surface area contributed by atoms with Crippen LogP contribution in [-0.2, 0) is 20.9 Å². The SMILES string of the molecule is CC(C)(C)C(=O)CN1C(=O)N(CC(=O)Nc2ccc3ccn(CC(=O)O)c3c2)N=C(C2CCCCC2)c2ccccc21. The van der Waals surface area contributed by atoms with E-state index >= 15 is 0 Å². The van der Waals surface area contributed by atoms with Crippen molar-refractivity contribution in [1.29, 1.82) is 0 Å². The summed E-state index contributed by atoms with van der Waals surface area (Å²) in [7, 11) is 0. The molecule has 0 unspecified atom stereocenters. The Kier molecular flexibility index (Phi) is 8.15. The van der Waals surface area contributed by atoms with Crippen LogP contribution in [-0.4, -0.2) is 57.2 Å². The number of ketones is 1. The van der Waals surface area contributed by atoms with Crippen molar-refractivity contribution in [2.75, 3.05) is 23.3 Å². The van der Waals surface area contributed by atoms with E-state index in [4.69, 9.17) is 5.10 Å². The van der Waals surface area contributed by atoms with Crippen molar-refractivity contribution in [3.05, 3.63) is 60.3 Å². The second kappa shape index (κ2) is 11.8. The fraction of sp³-hybridized carbons (Fsp3) is 0.406. The first-order valence-electron chi connectivity index (χ1n) is 14.4. The number of nitrogens with one attached hydrogen (secondary N) is 1. The number of hydrazone groups is 1. The first-order valence-corrected chi connectivity index (χ1v) is 14.4. The largest absolute Gasteiger partial charge is 0.480 e. The molecule has 10 heteroatoms. The maximum Gasteiger partial charge on any atom is 0.345 e. The summed E-state index contributed by atoms with van der Waals surface area (Å²) in [5, 5.41) is 18.9. The number of nitrogens with zero attached hydrogens (tertiary/aromatic N) is 4. The fourth-order valence-electron chi connectivity index (χ4n) is 5.59. The number of aromatic nitrogens is 1. The highest BCUT2D eigenvalue weighted by Crippen LogP contribution is 2.34. The van der Waals surface area contributed by atoms with Gasteiger partial charge in [-0.1, -0.05) is 64.3 Å². The molecule has 0 radical (unpaired) electrons. The van der Waals surface area contributed by atoms with Crippen LogP contribution in [0.1, 0.15) is 58.4 Å². The minimum absolute atomic E-state index is 0.103. The summed E-state index contributed by atoms with van der Waals surface area (Å²) < 4.78 is 1.59. The Labute approximate surface area is 245 Å². The van der Waals surface area contributed by atoms with Gasteiger partial charge in [-0.2, -0.15) is 5.10 Å². The van der Waals surface area contributed by atoms with Gasteiger partial charge in [0.05, 0.1) is 23.5 Å². The van der Waals surface area contributed by atoms with Crippen LogP contribution in [0.5, 0.6) is 0 Å². The summed E-state index contributed by atoms with van der Waals surface area (Å²) in [6, 6.07) is 14.1. The van der Waals surface area contributed by atoms with E-state index in [0.717, 1.165) is 48.8 Å². The Morgan fingerprint density at radius 1 is 0.976 bits per heavy atom. The van der Waals surface area contributed by atoms with Gasteiger partial charge in [0.25, 0.3) is 0 Å². The molecule has 0 spiro atoms. The third-order valence-electron chi connectivity index (χ3n) is 7.94. The van der Waals surface area contributed by atoms with Gasteiger partial charge in [0.1, 0.15) is 13.1 Å². The highest BCUT2D eigenvalue weighted by Gasteiger charge is 2.36. The van der Waals surface area contributed by atoms with Gasteiger partial charge in [-0.15, -0.1) is 0 Å². The lowest BCUT2D eigenvalue weighted by atomic mass is 9.83. The van der Waals surface area contributed by atoms with E-state index in [-0.39, 0.29) is 31.3 Å². The van der Waals surface area contributed by atoms with Crippen molar-refractivity contribution in [2.24, 2.45) is 16.4 Å². The smallest absolute Gasteiger partial charge is 0.345 e. The van der Waals surface area contributed by atoms with Crippen LogP contribution in [0.4, 0.5) is 16.2 Å². The minimum Gasteiger partial charge on any atom is -0.480 e. The summed E-state index contributed by atoms with van der Waals surface area (Å²) in [5.41, 5.74) is 2.68. The number of aliphatic carboxylic acids is 1. The number of anilines is 2. The van der Waals surface area contributed by atoms with E-state index in [1.807, 2.05) is 51.1 Å². The summed E-state index contributed by atoms with van der Waals surface area (Å²) in [6.07, 6.45) is 6.86. The summed E-state index contributed by atoms with van der Waals surface area (Å²) in [5.74, 6) is -1.39. The van der Waals surface area contributed by atoms with Crippen LogP contribution >= 0.6 is 0 Å². The molecule has 0 saturated heterocycles. The van der Waals surface area contributed by atoms with E-state index < -0.39 is 23.3 Å². The molecule has 220 valence electrons. The standard InChI is InChI=1S/C32H37N5O5/c1-32(2,3)27(38)18-36-25-12-8-7-11-24(25)30(22-9-5-4-6-10-22)34-37(31(36)42)19-28(39)33-23-14-13-21-15-16-35(20-29(40)41)26(21)17-23/h7-8,11-17,22H,4-6,9-10,18-20H2,1-3H3,(H,33,39)(H,40,41). The summed E-state index contributed by atoms with van der Waals surface area (Å²) >= 11 is 0. The van der Waals surface area contributed by atoms with Crippen LogP contribution < -0.4 is 10.2 Å². The molecule has 0 atom stereocenters. The molecule has 1 saturated carbocycles. The monoisotopic (exact) mass is 571 g/mol. The van der Waals surface area contributed by atoms with Gasteiger partial charge in [0.2, 0.25) is 5.91 Å². The average molecular weight is 572 g/mol. The number of rotatable bonds is 8. The number of Topliss-reactive ketones (excluding diaryl/α,β-unsaturated/α-hetero) is 1. The van der Waals surface area contributed by atoms with E-state index in [9.17, 15) is 24.3 Å². The van der Waals surface area contributed by atoms with Crippen molar-refractivity contribution < 1.29 is 24.3 Å². The van der Waals surface area contributed by atoms with Gasteiger partial charge >= 0.3 is 12.0 Å². The maximum atomic E-state index is 14.0. The number of carbonyl (C=O) groups excluding carboxylic acids is 3. The second-order valence-corrected chi connectivity index (χ2v) is 12.1. The molecule has 3 aromatic rings. The van der Waals surface area contributed by atoms with Crippen molar-refractivity contribution in [1.82, 2.24) is 9.58 Å².